The third-order valence-electron chi connectivity index (χ3n) is 10.6. The first-order chi connectivity index (χ1) is 26.9. The summed E-state index contributed by atoms with van der Waals surface area (Å²) in [6.07, 6.45) is 7.80. The number of fused-ring (bicyclic) bond motifs is 1. The number of thiazole rings is 1. The first kappa shape index (κ1) is 38.6. The average molecular weight is 785 g/mol. The Morgan fingerprint density at radius 2 is 1.41 bits per heavy atom. The number of carbonyl (C=O) groups is 4. The monoisotopic (exact) mass is 784 g/mol. The van der Waals surface area contributed by atoms with Crippen LogP contribution in [0.15, 0.2) is 48.9 Å². The number of likely N-dealkylation sites (tertiary alicyclic amines) is 2. The van der Waals surface area contributed by atoms with Gasteiger partial charge in [-0.15, -0.1) is 0 Å². The quantitative estimate of drug-likeness (QED) is 0.126. The zero-order valence-electron chi connectivity index (χ0n) is 32.4. The molecule has 4 N–H and O–H groups in total. The average Bonchev–Trinajstić information content (AvgIpc) is 4.04. The number of imidazole rings is 2. The number of carbonyl (C=O) groups excluding carboxylic acids is 4. The van der Waals surface area contributed by atoms with Crippen molar-refractivity contribution in [3.8, 4) is 33.1 Å². The predicted molar refractivity (Wildman–Crippen MR) is 209 cm³/mol. The molecule has 1 unspecified atom stereocenters. The summed E-state index contributed by atoms with van der Waals surface area (Å²) in [4.78, 5) is 69.5. The fourth-order valence-corrected chi connectivity index (χ4v) is 8.55. The van der Waals surface area contributed by atoms with Gasteiger partial charge in [-0.2, -0.15) is 5.10 Å². The summed E-state index contributed by atoms with van der Waals surface area (Å²) in [5.41, 5.74) is 5.11. The van der Waals surface area contributed by atoms with E-state index in [0.717, 1.165) is 69.6 Å². The number of nitrogens with one attached hydrogen (secondary N) is 4. The van der Waals surface area contributed by atoms with Gasteiger partial charge in [-0.1, -0.05) is 63.3 Å². The summed E-state index contributed by atoms with van der Waals surface area (Å²) >= 11 is 1.57. The van der Waals surface area contributed by atoms with Gasteiger partial charge in [-0.05, 0) is 54.7 Å². The van der Waals surface area contributed by atoms with Crippen LogP contribution >= 0.6 is 11.3 Å². The number of benzene rings is 1. The lowest BCUT2D eigenvalue weighted by Gasteiger charge is -2.30. The van der Waals surface area contributed by atoms with Crippen molar-refractivity contribution in [2.75, 3.05) is 27.3 Å². The highest BCUT2D eigenvalue weighted by Crippen LogP contribution is 2.36. The van der Waals surface area contributed by atoms with Crippen LogP contribution in [0.25, 0.3) is 38.0 Å². The summed E-state index contributed by atoms with van der Waals surface area (Å²) < 4.78 is 11.5. The Bertz CT molecular complexity index is 2170. The zero-order chi connectivity index (χ0) is 39.7. The van der Waals surface area contributed by atoms with Gasteiger partial charge >= 0.3 is 12.2 Å². The Labute approximate surface area is 328 Å². The number of rotatable bonds is 11. The molecular weight excluding hydrogens is 737 g/mol. The molecular formula is C39H48N10O6S. The molecule has 16 nitrogen and oxygen atoms in total. The van der Waals surface area contributed by atoms with E-state index in [1.807, 2.05) is 61.4 Å². The smallest absolute Gasteiger partial charge is 0.407 e. The van der Waals surface area contributed by atoms with Crippen LogP contribution < -0.4 is 10.6 Å². The standard InChI is InChI=1S/C39H48N10O6S/c1-21(2)32(43-38(52)54-5)35(50)48-15-7-9-29(48)26-17-25(45-46-26)28-19-47-20-31(56-37(47)42-28)24-13-11-23(12-14-24)27-18-40-34(41-27)30-10-8-16-49(30)36(51)33(22(3)4)44-39(53)55-6/h11-14,17-22,29-30,32-33H,7-10,15-16H2,1-6H3,(H,40,41)(H,43,52)(H,44,53)(H,45,46)/t29?,30-,32-,33-/m0/s1. The fraction of sp³-hybridized carbons (Fsp3) is 0.462. The van der Waals surface area contributed by atoms with Gasteiger partial charge in [-0.3, -0.25) is 19.1 Å². The van der Waals surface area contributed by atoms with Crippen LogP contribution in [0.2, 0.25) is 0 Å². The lowest BCUT2D eigenvalue weighted by Crippen LogP contribution is -2.51. The Hall–Kier alpha value is -5.71. The maximum Gasteiger partial charge on any atom is 0.407 e. The van der Waals surface area contributed by atoms with Crippen LogP contribution in [-0.4, -0.2) is 103 Å². The number of aromatic nitrogens is 6. The van der Waals surface area contributed by atoms with Crippen molar-refractivity contribution in [1.29, 1.82) is 0 Å². The molecule has 2 aliphatic rings. The number of ether oxygens (including phenoxy) is 2. The molecule has 1 aromatic carbocycles. The molecule has 7 rings (SSSR count). The van der Waals surface area contributed by atoms with E-state index in [4.69, 9.17) is 14.5 Å². The van der Waals surface area contributed by atoms with Gasteiger partial charge < -0.3 is 34.9 Å². The van der Waals surface area contributed by atoms with Gasteiger partial charge in [0, 0.05) is 25.5 Å². The molecule has 2 aliphatic heterocycles. The van der Waals surface area contributed by atoms with Gasteiger partial charge in [0.05, 0.1) is 48.8 Å². The van der Waals surface area contributed by atoms with Gasteiger partial charge in [0.2, 0.25) is 11.8 Å². The summed E-state index contributed by atoms with van der Waals surface area (Å²) in [5.74, 6) is 0.219. The number of nitrogens with zero attached hydrogens (tertiary/aromatic N) is 6. The molecule has 5 aromatic rings. The zero-order valence-corrected chi connectivity index (χ0v) is 33.2. The molecule has 0 bridgehead atoms. The maximum absolute atomic E-state index is 13.5. The molecule has 0 saturated carbocycles. The maximum atomic E-state index is 13.5. The van der Waals surface area contributed by atoms with E-state index in [1.165, 1.54) is 14.2 Å². The molecule has 2 fully saturated rings. The Morgan fingerprint density at radius 1 is 0.821 bits per heavy atom. The van der Waals surface area contributed by atoms with Crippen LogP contribution in [0.4, 0.5) is 9.59 Å². The van der Waals surface area contributed by atoms with E-state index in [2.05, 4.69) is 49.1 Å². The molecule has 6 heterocycles. The first-order valence-electron chi connectivity index (χ1n) is 19.0. The van der Waals surface area contributed by atoms with E-state index in [0.29, 0.717) is 18.8 Å². The molecule has 0 spiro atoms. The third-order valence-corrected chi connectivity index (χ3v) is 11.7. The van der Waals surface area contributed by atoms with Gasteiger partial charge in [-0.25, -0.2) is 19.6 Å². The van der Waals surface area contributed by atoms with Gasteiger partial charge in [0.1, 0.15) is 29.3 Å². The topological polar surface area (TPSA) is 192 Å². The number of methoxy groups -OCH3 is 2. The molecule has 56 heavy (non-hydrogen) atoms. The van der Waals surface area contributed by atoms with Crippen LogP contribution in [0, 0.1) is 11.8 Å². The fourth-order valence-electron chi connectivity index (χ4n) is 7.58. The van der Waals surface area contributed by atoms with Crippen LogP contribution in [0.1, 0.15) is 77.0 Å². The van der Waals surface area contributed by atoms with E-state index in [-0.39, 0.29) is 35.7 Å². The van der Waals surface area contributed by atoms with Crippen LogP contribution in [0.3, 0.4) is 0 Å². The molecule has 0 aliphatic carbocycles. The number of aromatic amines is 2. The number of alkyl carbamates (subject to hydrolysis) is 2. The Balaban J connectivity index is 1.02. The summed E-state index contributed by atoms with van der Waals surface area (Å²) in [6.45, 7) is 8.78. The highest BCUT2D eigenvalue weighted by molar-refractivity contribution is 7.20. The van der Waals surface area contributed by atoms with Gasteiger partial charge in [0.15, 0.2) is 4.96 Å². The summed E-state index contributed by atoms with van der Waals surface area (Å²) in [7, 11) is 2.57. The minimum atomic E-state index is -0.691. The molecule has 0 radical (unpaired) electrons. The van der Waals surface area contributed by atoms with Crippen molar-refractivity contribution in [2.45, 2.75) is 77.5 Å². The van der Waals surface area contributed by atoms with Crippen LogP contribution in [-0.2, 0) is 19.1 Å². The SMILES string of the molecule is COC(=O)N[C@H](C(=O)N1CCCC1c1cc(-c2cn3cc(-c4ccc(-c5cnc([C@@H]6CCCN6C(=O)[C@@H](NC(=O)OC)C(C)C)[nH]5)cc4)sc3n2)n[nH]1)C(C)C. The largest absolute Gasteiger partial charge is 0.453 e. The molecule has 4 amide bonds. The van der Waals surface area contributed by atoms with Crippen molar-refractivity contribution < 1.29 is 28.7 Å². The third kappa shape index (κ3) is 7.72. The predicted octanol–water partition coefficient (Wildman–Crippen LogP) is 5.93. The second kappa shape index (κ2) is 16.2. The number of H-pyrrole nitrogens is 2. The Kier molecular flexibility index (Phi) is 11.1. The molecule has 4 aromatic heterocycles. The van der Waals surface area contributed by atoms with Crippen molar-refractivity contribution >= 4 is 40.3 Å². The van der Waals surface area contributed by atoms with Crippen molar-refractivity contribution in [2.24, 2.45) is 11.8 Å². The van der Waals surface area contributed by atoms with Crippen molar-refractivity contribution in [1.82, 2.24) is 50.0 Å². The minimum Gasteiger partial charge on any atom is -0.453 e. The summed E-state index contributed by atoms with van der Waals surface area (Å²) in [5, 5.41) is 13.1. The second-order valence-electron chi connectivity index (χ2n) is 15.0. The number of hydrogen-bond acceptors (Lipinski definition) is 10. The number of hydrogen-bond donors (Lipinski definition) is 4. The van der Waals surface area contributed by atoms with E-state index >= 15 is 0 Å². The number of amides is 4. The second-order valence-corrected chi connectivity index (χ2v) is 16.0. The minimum absolute atomic E-state index is 0.107. The first-order valence-corrected chi connectivity index (χ1v) is 19.8. The van der Waals surface area contributed by atoms with E-state index < -0.39 is 24.3 Å². The molecule has 17 heteroatoms. The lowest BCUT2D eigenvalue weighted by atomic mass is 10.0. The Morgan fingerprint density at radius 3 is 2.00 bits per heavy atom. The van der Waals surface area contributed by atoms with Gasteiger partial charge in [0.25, 0.3) is 0 Å². The van der Waals surface area contributed by atoms with E-state index in [1.54, 1.807) is 22.4 Å². The molecule has 2 saturated heterocycles. The van der Waals surface area contributed by atoms with Crippen LogP contribution in [0.5, 0.6) is 0 Å². The lowest BCUT2D eigenvalue weighted by molar-refractivity contribution is -0.136. The molecule has 296 valence electrons. The van der Waals surface area contributed by atoms with Crippen molar-refractivity contribution in [3.05, 3.63) is 60.4 Å². The normalized spacial score (nSPS) is 18.1. The highest BCUT2D eigenvalue weighted by Gasteiger charge is 2.39. The highest BCUT2D eigenvalue weighted by atomic mass is 32.1. The summed E-state index contributed by atoms with van der Waals surface area (Å²) in [6, 6.07) is 8.40. The van der Waals surface area contributed by atoms with Crippen molar-refractivity contribution in [3.63, 3.8) is 0 Å². The van der Waals surface area contributed by atoms with E-state index in [9.17, 15) is 19.2 Å². The molecule has 4 atom stereocenters.